The molecule has 0 bridgehead atoms. The molecule has 1 aromatic carbocycles. The molecule has 0 aliphatic carbocycles. The van der Waals surface area contributed by atoms with E-state index >= 15 is 0 Å². The van der Waals surface area contributed by atoms with E-state index in [1.165, 1.54) is 5.56 Å². The van der Waals surface area contributed by atoms with Gasteiger partial charge in [-0.1, -0.05) is 32.9 Å². The van der Waals surface area contributed by atoms with E-state index in [0.717, 1.165) is 11.4 Å². The summed E-state index contributed by atoms with van der Waals surface area (Å²) in [5, 5.41) is 6.06. The van der Waals surface area contributed by atoms with Crippen LogP contribution >= 0.6 is 0 Å². The Balaban J connectivity index is 2.05. The molecule has 0 spiro atoms. The summed E-state index contributed by atoms with van der Waals surface area (Å²) in [6.45, 7) is 7.51. The molecule has 128 valence electrons. The van der Waals surface area contributed by atoms with Crippen molar-refractivity contribution in [2.75, 3.05) is 25.6 Å². The first-order valence-corrected chi connectivity index (χ1v) is 8.00. The number of hydrogen-bond acceptors (Lipinski definition) is 4. The number of ether oxygens (including phenoxy) is 1. The number of hydrogen-bond donors (Lipinski definition) is 2. The van der Waals surface area contributed by atoms with Crippen LogP contribution in [-0.2, 0) is 10.2 Å². The molecule has 0 radical (unpaired) electrons. The minimum Gasteiger partial charge on any atom is -0.383 e. The average molecular weight is 327 g/mol. The summed E-state index contributed by atoms with van der Waals surface area (Å²) in [6.07, 6.45) is 3.25. The molecule has 0 saturated carbocycles. The molecule has 1 aromatic heterocycles. The molecule has 5 nitrogen and oxygen atoms in total. The first-order valence-electron chi connectivity index (χ1n) is 8.00. The van der Waals surface area contributed by atoms with Gasteiger partial charge in [-0.05, 0) is 29.2 Å². The first-order chi connectivity index (χ1) is 11.4. The molecule has 0 aliphatic heterocycles. The molecule has 2 rings (SSSR count). The lowest BCUT2D eigenvalue weighted by Gasteiger charge is -2.19. The van der Waals surface area contributed by atoms with Crippen LogP contribution in [0.5, 0.6) is 0 Å². The fourth-order valence-electron chi connectivity index (χ4n) is 2.22. The van der Waals surface area contributed by atoms with Crippen molar-refractivity contribution in [1.82, 2.24) is 10.3 Å². The van der Waals surface area contributed by atoms with E-state index in [1.54, 1.807) is 25.6 Å². The second-order valence-corrected chi connectivity index (χ2v) is 6.66. The number of aromatic nitrogens is 1. The molecule has 5 heteroatoms. The van der Waals surface area contributed by atoms with Crippen molar-refractivity contribution in [1.29, 1.82) is 0 Å². The van der Waals surface area contributed by atoms with Gasteiger partial charge in [0.2, 0.25) is 0 Å². The van der Waals surface area contributed by atoms with Gasteiger partial charge in [-0.25, -0.2) is 0 Å². The summed E-state index contributed by atoms with van der Waals surface area (Å²) >= 11 is 0. The summed E-state index contributed by atoms with van der Waals surface area (Å²) < 4.78 is 4.92. The van der Waals surface area contributed by atoms with Gasteiger partial charge in [-0.15, -0.1) is 0 Å². The monoisotopic (exact) mass is 327 g/mol. The lowest BCUT2D eigenvalue weighted by atomic mass is 9.87. The van der Waals surface area contributed by atoms with Gasteiger partial charge in [-0.3, -0.25) is 9.78 Å². The van der Waals surface area contributed by atoms with Crippen LogP contribution in [0, 0.1) is 0 Å². The molecular weight excluding hydrogens is 302 g/mol. The van der Waals surface area contributed by atoms with Crippen LogP contribution in [0.3, 0.4) is 0 Å². The molecule has 0 aliphatic rings. The molecule has 0 unspecified atom stereocenters. The Hall–Kier alpha value is -2.40. The topological polar surface area (TPSA) is 63.2 Å². The van der Waals surface area contributed by atoms with Crippen molar-refractivity contribution in [3.63, 3.8) is 0 Å². The second kappa shape index (κ2) is 7.93. The zero-order chi connectivity index (χ0) is 17.6. The van der Waals surface area contributed by atoms with Crippen molar-refractivity contribution in [3.05, 3.63) is 53.9 Å². The number of amides is 1. The maximum atomic E-state index is 12.0. The van der Waals surface area contributed by atoms with Gasteiger partial charge < -0.3 is 15.4 Å². The molecule has 2 aromatic rings. The van der Waals surface area contributed by atoms with Crippen LogP contribution < -0.4 is 10.6 Å². The average Bonchev–Trinajstić information content (AvgIpc) is 2.55. The number of pyridine rings is 1. The van der Waals surface area contributed by atoms with Crippen LogP contribution in [0.4, 0.5) is 11.4 Å². The standard InChI is InChI=1S/C19H25N3O2/c1-19(2,3)15-5-7-16(8-6-15)22-17-11-14(12-20-13-17)18(23)21-9-10-24-4/h5-8,11-13,22H,9-10H2,1-4H3,(H,21,23). The van der Waals surface area contributed by atoms with Crippen LogP contribution in [0.1, 0.15) is 36.7 Å². The number of carbonyl (C=O) groups excluding carboxylic acids is 1. The maximum Gasteiger partial charge on any atom is 0.253 e. The molecule has 0 saturated heterocycles. The highest BCUT2D eigenvalue weighted by molar-refractivity contribution is 5.94. The third-order valence-corrected chi connectivity index (χ3v) is 3.63. The van der Waals surface area contributed by atoms with Crippen LogP contribution in [0.15, 0.2) is 42.7 Å². The van der Waals surface area contributed by atoms with Crippen LogP contribution in [-0.4, -0.2) is 31.2 Å². The quantitative estimate of drug-likeness (QED) is 0.797. The minimum atomic E-state index is -0.161. The van der Waals surface area contributed by atoms with Gasteiger partial charge in [0.05, 0.1) is 24.1 Å². The lowest BCUT2D eigenvalue weighted by molar-refractivity contribution is 0.0937. The number of rotatable bonds is 6. The van der Waals surface area contributed by atoms with Gasteiger partial charge in [0.25, 0.3) is 5.91 Å². The normalized spacial score (nSPS) is 11.2. The number of methoxy groups -OCH3 is 1. The van der Waals surface area contributed by atoms with E-state index in [1.807, 2.05) is 12.1 Å². The zero-order valence-corrected chi connectivity index (χ0v) is 14.7. The fourth-order valence-corrected chi connectivity index (χ4v) is 2.22. The second-order valence-electron chi connectivity index (χ2n) is 6.66. The van der Waals surface area contributed by atoms with Crippen molar-refractivity contribution < 1.29 is 9.53 Å². The van der Waals surface area contributed by atoms with E-state index in [2.05, 4.69) is 48.5 Å². The number of nitrogens with one attached hydrogen (secondary N) is 2. The third-order valence-electron chi connectivity index (χ3n) is 3.63. The van der Waals surface area contributed by atoms with Crippen LogP contribution in [0.2, 0.25) is 0 Å². The van der Waals surface area contributed by atoms with E-state index in [4.69, 9.17) is 4.74 Å². The SMILES string of the molecule is COCCNC(=O)c1cncc(Nc2ccc(C(C)(C)C)cc2)c1. The predicted octanol–water partition coefficient (Wildman–Crippen LogP) is 3.50. The highest BCUT2D eigenvalue weighted by Crippen LogP contribution is 2.24. The predicted molar refractivity (Wildman–Crippen MR) is 96.9 cm³/mol. The largest absolute Gasteiger partial charge is 0.383 e. The molecule has 1 amide bonds. The zero-order valence-electron chi connectivity index (χ0n) is 14.7. The number of nitrogens with zero attached hydrogens (tertiary/aromatic N) is 1. The van der Waals surface area contributed by atoms with Gasteiger partial charge in [0, 0.05) is 25.5 Å². The number of benzene rings is 1. The smallest absolute Gasteiger partial charge is 0.253 e. The van der Waals surface area contributed by atoms with Crippen molar-refractivity contribution >= 4 is 17.3 Å². The van der Waals surface area contributed by atoms with E-state index in [-0.39, 0.29) is 11.3 Å². The number of anilines is 2. The van der Waals surface area contributed by atoms with E-state index in [0.29, 0.717) is 18.7 Å². The van der Waals surface area contributed by atoms with Crippen molar-refractivity contribution in [2.24, 2.45) is 0 Å². The number of carbonyl (C=O) groups is 1. The lowest BCUT2D eigenvalue weighted by Crippen LogP contribution is -2.27. The van der Waals surface area contributed by atoms with Gasteiger partial charge in [-0.2, -0.15) is 0 Å². The molecule has 1 heterocycles. The molecular formula is C19H25N3O2. The van der Waals surface area contributed by atoms with E-state index in [9.17, 15) is 4.79 Å². The first kappa shape index (κ1) is 17.9. The fraction of sp³-hybridized carbons (Fsp3) is 0.368. The van der Waals surface area contributed by atoms with Crippen molar-refractivity contribution in [2.45, 2.75) is 26.2 Å². The Kier molecular flexibility index (Phi) is 5.93. The summed E-state index contributed by atoms with van der Waals surface area (Å²) in [6, 6.07) is 10.1. The Morgan fingerprint density at radius 1 is 1.12 bits per heavy atom. The Morgan fingerprint density at radius 2 is 1.83 bits per heavy atom. The summed E-state index contributed by atoms with van der Waals surface area (Å²) in [5.74, 6) is -0.161. The van der Waals surface area contributed by atoms with E-state index < -0.39 is 0 Å². The van der Waals surface area contributed by atoms with Gasteiger partial charge >= 0.3 is 0 Å². The van der Waals surface area contributed by atoms with Gasteiger partial charge in [0.15, 0.2) is 0 Å². The Labute approximate surface area is 143 Å². The highest BCUT2D eigenvalue weighted by atomic mass is 16.5. The Bertz CT molecular complexity index is 676. The molecule has 24 heavy (non-hydrogen) atoms. The summed E-state index contributed by atoms with van der Waals surface area (Å²) in [4.78, 5) is 16.2. The highest BCUT2D eigenvalue weighted by Gasteiger charge is 2.13. The maximum absolute atomic E-state index is 12.0. The molecule has 0 atom stereocenters. The van der Waals surface area contributed by atoms with Crippen LogP contribution in [0.25, 0.3) is 0 Å². The van der Waals surface area contributed by atoms with Crippen molar-refractivity contribution in [3.8, 4) is 0 Å². The van der Waals surface area contributed by atoms with Gasteiger partial charge in [0.1, 0.15) is 0 Å². The summed E-state index contributed by atoms with van der Waals surface area (Å²) in [5.41, 5.74) is 3.65. The summed E-state index contributed by atoms with van der Waals surface area (Å²) in [7, 11) is 1.60. The molecule has 0 fully saturated rings. The minimum absolute atomic E-state index is 0.125. The Morgan fingerprint density at radius 3 is 2.46 bits per heavy atom. The molecule has 2 N–H and O–H groups in total. The third kappa shape index (κ3) is 5.06.